The summed E-state index contributed by atoms with van der Waals surface area (Å²) in [6.07, 6.45) is 1.42. The summed E-state index contributed by atoms with van der Waals surface area (Å²) in [6.45, 7) is 3.56. The molecule has 0 heterocycles. The summed E-state index contributed by atoms with van der Waals surface area (Å²) >= 11 is 0. The molecule has 0 bridgehead atoms. The van der Waals surface area contributed by atoms with Crippen LogP contribution in [0.3, 0.4) is 0 Å². The van der Waals surface area contributed by atoms with Crippen LogP contribution in [0.15, 0.2) is 24.8 Å². The van der Waals surface area contributed by atoms with Crippen LogP contribution in [0.2, 0.25) is 0 Å². The van der Waals surface area contributed by atoms with Crippen molar-refractivity contribution in [3.8, 4) is 0 Å². The van der Waals surface area contributed by atoms with E-state index in [-0.39, 0.29) is 12.2 Å². The van der Waals surface area contributed by atoms with Gasteiger partial charge < -0.3 is 5.32 Å². The fraction of sp³-hybridized carbons (Fsp3) is 0.111. The molecule has 0 atom stereocenters. The van der Waals surface area contributed by atoms with Crippen LogP contribution in [0.1, 0.15) is 0 Å². The van der Waals surface area contributed by atoms with Gasteiger partial charge in [0.1, 0.15) is 11.5 Å². The molecule has 0 aliphatic heterocycles. The quantitative estimate of drug-likeness (QED) is 0.476. The van der Waals surface area contributed by atoms with Crippen molar-refractivity contribution in [2.24, 2.45) is 0 Å². The normalized spacial score (nSPS) is 9.73. The summed E-state index contributed by atoms with van der Waals surface area (Å²) in [7, 11) is 0. The van der Waals surface area contributed by atoms with E-state index in [1.807, 2.05) is 0 Å². The largest absolute Gasteiger partial charge is 0.376 e. The molecule has 0 unspecified atom stereocenters. The van der Waals surface area contributed by atoms with Crippen LogP contribution in [0.25, 0.3) is 0 Å². The number of nitro groups is 1. The van der Waals surface area contributed by atoms with E-state index in [1.54, 1.807) is 0 Å². The minimum atomic E-state index is -1.20. The van der Waals surface area contributed by atoms with Gasteiger partial charge in [-0.1, -0.05) is 6.08 Å². The molecule has 0 spiro atoms. The molecular formula is C9H8F2N2O2. The number of hydrogen-bond acceptors (Lipinski definition) is 3. The number of benzene rings is 1. The van der Waals surface area contributed by atoms with Gasteiger partial charge in [-0.25, -0.2) is 4.39 Å². The first kappa shape index (κ1) is 11.1. The Morgan fingerprint density at radius 2 is 2.20 bits per heavy atom. The van der Waals surface area contributed by atoms with Gasteiger partial charge in [0.05, 0.1) is 4.92 Å². The van der Waals surface area contributed by atoms with Crippen LogP contribution in [0, 0.1) is 21.7 Å². The maximum Gasteiger partial charge on any atom is 0.327 e. The monoisotopic (exact) mass is 214 g/mol. The Morgan fingerprint density at radius 3 is 2.73 bits per heavy atom. The highest BCUT2D eigenvalue weighted by Crippen LogP contribution is 2.28. The van der Waals surface area contributed by atoms with Crippen molar-refractivity contribution >= 4 is 11.4 Å². The molecule has 0 saturated heterocycles. The van der Waals surface area contributed by atoms with E-state index in [9.17, 15) is 18.9 Å². The number of nitrogens with zero attached hydrogens (tertiary/aromatic N) is 1. The van der Waals surface area contributed by atoms with E-state index < -0.39 is 22.2 Å². The molecule has 0 fully saturated rings. The molecule has 0 saturated carbocycles. The Bertz CT molecular complexity index is 407. The van der Waals surface area contributed by atoms with Gasteiger partial charge in [-0.2, -0.15) is 4.39 Å². The van der Waals surface area contributed by atoms with Crippen LogP contribution in [-0.4, -0.2) is 11.5 Å². The van der Waals surface area contributed by atoms with Crippen molar-refractivity contribution in [2.45, 2.75) is 0 Å². The van der Waals surface area contributed by atoms with E-state index in [4.69, 9.17) is 0 Å². The lowest BCUT2D eigenvalue weighted by Gasteiger charge is -2.05. The highest BCUT2D eigenvalue weighted by Gasteiger charge is 2.21. The molecule has 0 aliphatic rings. The number of nitrogens with one attached hydrogen (secondary N) is 1. The maximum atomic E-state index is 13.0. The number of rotatable bonds is 4. The second-order valence-electron chi connectivity index (χ2n) is 2.71. The molecule has 15 heavy (non-hydrogen) atoms. The third kappa shape index (κ3) is 2.49. The second-order valence-corrected chi connectivity index (χ2v) is 2.71. The minimum Gasteiger partial charge on any atom is -0.376 e. The summed E-state index contributed by atoms with van der Waals surface area (Å²) in [5, 5.41) is 13.0. The molecule has 0 aromatic heterocycles. The van der Waals surface area contributed by atoms with Crippen molar-refractivity contribution in [1.82, 2.24) is 0 Å². The predicted octanol–water partition coefficient (Wildman–Crippen LogP) is 2.47. The molecule has 6 heteroatoms. The number of nitro benzene ring substituents is 1. The van der Waals surface area contributed by atoms with Gasteiger partial charge in [-0.15, -0.1) is 6.58 Å². The van der Waals surface area contributed by atoms with Crippen LogP contribution in [0.4, 0.5) is 20.2 Å². The molecule has 0 radical (unpaired) electrons. The first-order valence-corrected chi connectivity index (χ1v) is 4.04. The highest BCUT2D eigenvalue weighted by molar-refractivity contribution is 5.62. The second kappa shape index (κ2) is 4.50. The zero-order valence-electron chi connectivity index (χ0n) is 7.67. The minimum absolute atomic E-state index is 0.184. The van der Waals surface area contributed by atoms with Crippen molar-refractivity contribution in [3.63, 3.8) is 0 Å². The molecule has 1 N–H and O–H groups in total. The molecule has 1 aromatic rings. The zero-order valence-corrected chi connectivity index (χ0v) is 7.67. The average Bonchev–Trinajstić information content (AvgIpc) is 2.12. The summed E-state index contributed by atoms with van der Waals surface area (Å²) in [5.74, 6) is -2.07. The average molecular weight is 214 g/mol. The molecule has 4 nitrogen and oxygen atoms in total. The van der Waals surface area contributed by atoms with E-state index in [2.05, 4.69) is 11.9 Å². The third-order valence-electron chi connectivity index (χ3n) is 1.65. The van der Waals surface area contributed by atoms with Crippen LogP contribution < -0.4 is 5.32 Å². The highest BCUT2D eigenvalue weighted by atomic mass is 19.1. The lowest BCUT2D eigenvalue weighted by atomic mass is 10.2. The van der Waals surface area contributed by atoms with Crippen molar-refractivity contribution in [1.29, 1.82) is 0 Å². The fourth-order valence-electron chi connectivity index (χ4n) is 1.07. The van der Waals surface area contributed by atoms with Crippen molar-refractivity contribution in [3.05, 3.63) is 46.5 Å². The lowest BCUT2D eigenvalue weighted by molar-refractivity contribution is -0.386. The summed E-state index contributed by atoms with van der Waals surface area (Å²) < 4.78 is 25.8. The van der Waals surface area contributed by atoms with E-state index in [1.165, 1.54) is 6.08 Å². The standard InChI is InChI=1S/C9H8F2N2O2/c1-2-3-12-8-5-6(10)4-7(11)9(8)13(14)15/h2,4-5,12H,1,3H2. The van der Waals surface area contributed by atoms with E-state index in [0.717, 1.165) is 6.07 Å². The summed E-state index contributed by atoms with van der Waals surface area (Å²) in [6, 6.07) is 1.34. The third-order valence-corrected chi connectivity index (χ3v) is 1.65. The Kier molecular flexibility index (Phi) is 3.33. The van der Waals surface area contributed by atoms with Gasteiger partial charge >= 0.3 is 5.69 Å². The Labute approximate surface area is 84.4 Å². The molecule has 1 rings (SSSR count). The SMILES string of the molecule is C=CCNc1cc(F)cc(F)c1[N+](=O)[O-]. The zero-order chi connectivity index (χ0) is 11.4. The molecule has 0 amide bonds. The Hall–Kier alpha value is -1.98. The first-order valence-electron chi connectivity index (χ1n) is 4.04. The van der Waals surface area contributed by atoms with Gasteiger partial charge in [-0.05, 0) is 0 Å². The van der Waals surface area contributed by atoms with Crippen LogP contribution in [-0.2, 0) is 0 Å². The number of anilines is 1. The van der Waals surface area contributed by atoms with Gasteiger partial charge in [-0.3, -0.25) is 10.1 Å². The van der Waals surface area contributed by atoms with Crippen molar-refractivity contribution < 1.29 is 13.7 Å². The van der Waals surface area contributed by atoms with Crippen LogP contribution >= 0.6 is 0 Å². The summed E-state index contributed by atoms with van der Waals surface area (Å²) in [4.78, 5) is 9.59. The number of hydrogen-bond donors (Lipinski definition) is 1. The Balaban J connectivity index is 3.20. The maximum absolute atomic E-state index is 13.0. The fourth-order valence-corrected chi connectivity index (χ4v) is 1.07. The van der Waals surface area contributed by atoms with Gasteiger partial charge in [0.2, 0.25) is 5.82 Å². The molecule has 80 valence electrons. The smallest absolute Gasteiger partial charge is 0.327 e. The number of halogens is 2. The van der Waals surface area contributed by atoms with E-state index in [0.29, 0.717) is 6.07 Å². The molecular weight excluding hydrogens is 206 g/mol. The molecule has 0 aliphatic carbocycles. The summed E-state index contributed by atoms with van der Waals surface area (Å²) in [5.41, 5.74) is -0.962. The van der Waals surface area contributed by atoms with Crippen LogP contribution in [0.5, 0.6) is 0 Å². The predicted molar refractivity (Wildman–Crippen MR) is 51.7 cm³/mol. The first-order chi connectivity index (χ1) is 7.06. The van der Waals surface area contributed by atoms with E-state index >= 15 is 0 Å². The van der Waals surface area contributed by atoms with Crippen molar-refractivity contribution in [2.75, 3.05) is 11.9 Å². The van der Waals surface area contributed by atoms with Gasteiger partial charge in [0.25, 0.3) is 0 Å². The van der Waals surface area contributed by atoms with Gasteiger partial charge in [0.15, 0.2) is 0 Å². The molecule has 1 aromatic carbocycles. The van der Waals surface area contributed by atoms with Gasteiger partial charge in [0, 0.05) is 18.7 Å². The topological polar surface area (TPSA) is 55.2 Å². The lowest BCUT2D eigenvalue weighted by Crippen LogP contribution is -2.04. The Morgan fingerprint density at radius 1 is 1.53 bits per heavy atom.